The lowest BCUT2D eigenvalue weighted by Gasteiger charge is -2.40. The molecule has 3 fully saturated rings. The molecule has 0 aromatic heterocycles. The van der Waals surface area contributed by atoms with Gasteiger partial charge in [0.2, 0.25) is 0 Å². The van der Waals surface area contributed by atoms with Crippen molar-refractivity contribution in [3.8, 4) is 0 Å². The molecule has 0 heterocycles. The summed E-state index contributed by atoms with van der Waals surface area (Å²) in [5.74, 6) is 2.92. The Morgan fingerprint density at radius 2 is 1.70 bits per heavy atom. The van der Waals surface area contributed by atoms with E-state index in [1.165, 1.54) is 51.4 Å². The van der Waals surface area contributed by atoms with Crippen molar-refractivity contribution < 1.29 is 0 Å². The van der Waals surface area contributed by atoms with E-state index in [1.807, 2.05) is 0 Å². The van der Waals surface area contributed by atoms with Crippen molar-refractivity contribution in [2.45, 2.75) is 56.8 Å². The molecule has 1 aromatic rings. The Balaban J connectivity index is 1.63. The number of hydrogen-bond donors (Lipinski definition) is 0. The molecule has 0 bridgehead atoms. The average Bonchev–Trinajstić information content (AvgIpc) is 3.40. The largest absolute Gasteiger partial charge is 0.0987 e. The van der Waals surface area contributed by atoms with Gasteiger partial charge in [-0.15, -0.1) is 0 Å². The predicted molar refractivity (Wildman–Crippen MR) is 84.7 cm³/mol. The molecule has 0 nitrogen and oxygen atoms in total. The van der Waals surface area contributed by atoms with Crippen LogP contribution in [0.4, 0.5) is 0 Å². The first-order chi connectivity index (χ1) is 9.81. The molecule has 0 N–H and O–H groups in total. The normalized spacial score (nSPS) is 31.8. The molecule has 20 heavy (non-hydrogen) atoms. The lowest BCUT2D eigenvalue weighted by Crippen LogP contribution is -2.32. The monoisotopic (exact) mass is 266 g/mol. The van der Waals surface area contributed by atoms with Crippen LogP contribution in [0.5, 0.6) is 0 Å². The minimum absolute atomic E-state index is 0.313. The van der Waals surface area contributed by atoms with Gasteiger partial charge in [-0.05, 0) is 55.4 Å². The first-order valence-corrected chi connectivity index (χ1v) is 8.56. The van der Waals surface area contributed by atoms with Crippen LogP contribution in [0.25, 0.3) is 0 Å². The second-order valence-corrected chi connectivity index (χ2v) is 7.38. The highest BCUT2D eigenvalue weighted by Crippen LogP contribution is 2.61. The molecule has 0 spiro atoms. The number of rotatable bonds is 4. The van der Waals surface area contributed by atoms with Crippen LogP contribution in [0, 0.1) is 17.8 Å². The van der Waals surface area contributed by atoms with Crippen molar-refractivity contribution in [1.82, 2.24) is 0 Å². The number of allylic oxidation sites excluding steroid dienone is 1. The summed E-state index contributed by atoms with van der Waals surface area (Å²) < 4.78 is 0. The molecule has 1 aromatic carbocycles. The first kappa shape index (κ1) is 12.7. The second kappa shape index (κ2) is 4.76. The highest BCUT2D eigenvalue weighted by molar-refractivity contribution is 5.39. The van der Waals surface area contributed by atoms with Gasteiger partial charge in [-0.25, -0.2) is 0 Å². The van der Waals surface area contributed by atoms with Crippen LogP contribution in [0.3, 0.4) is 0 Å². The van der Waals surface area contributed by atoms with Crippen LogP contribution < -0.4 is 0 Å². The summed E-state index contributed by atoms with van der Waals surface area (Å²) in [6.07, 6.45) is 11.3. The van der Waals surface area contributed by atoms with Gasteiger partial charge in [0.05, 0.1) is 0 Å². The molecule has 2 unspecified atom stereocenters. The van der Waals surface area contributed by atoms with Gasteiger partial charge in [0.15, 0.2) is 0 Å². The fourth-order valence-electron chi connectivity index (χ4n) is 4.72. The smallest absolute Gasteiger partial charge is 0.0162 e. The van der Waals surface area contributed by atoms with Crippen LogP contribution in [0.1, 0.15) is 56.9 Å². The minimum Gasteiger partial charge on any atom is -0.0987 e. The molecule has 2 atom stereocenters. The van der Waals surface area contributed by atoms with Crippen LogP contribution in [-0.2, 0) is 5.41 Å². The Morgan fingerprint density at radius 1 is 1.00 bits per heavy atom. The van der Waals surface area contributed by atoms with Gasteiger partial charge < -0.3 is 0 Å². The molecule has 0 saturated heterocycles. The van der Waals surface area contributed by atoms with Crippen LogP contribution in [0.15, 0.2) is 42.5 Å². The van der Waals surface area contributed by atoms with E-state index in [0.29, 0.717) is 5.41 Å². The summed E-state index contributed by atoms with van der Waals surface area (Å²) in [5, 5.41) is 0. The molecular weight excluding hydrogens is 240 g/mol. The Hall–Kier alpha value is -1.04. The molecule has 0 heteroatoms. The van der Waals surface area contributed by atoms with E-state index in [0.717, 1.165) is 17.8 Å². The fraction of sp³-hybridized carbons (Fsp3) is 0.600. The molecule has 3 aliphatic rings. The molecule has 3 aliphatic carbocycles. The Bertz CT molecular complexity index is 488. The van der Waals surface area contributed by atoms with E-state index in [9.17, 15) is 0 Å². The van der Waals surface area contributed by atoms with Crippen molar-refractivity contribution in [3.05, 3.63) is 48.0 Å². The summed E-state index contributed by atoms with van der Waals surface area (Å²) in [6.45, 7) is 4.65. The third kappa shape index (κ3) is 2.05. The lowest BCUT2D eigenvalue weighted by atomic mass is 9.64. The van der Waals surface area contributed by atoms with Crippen LogP contribution in [0.2, 0.25) is 0 Å². The van der Waals surface area contributed by atoms with E-state index in [-0.39, 0.29) is 0 Å². The number of hydrogen-bond acceptors (Lipinski definition) is 0. The Morgan fingerprint density at radius 3 is 2.35 bits per heavy atom. The SMILES string of the molecule is C=C(C1CC1C1CC1)C1(c2ccccc2)CCCCC1. The zero-order valence-electron chi connectivity index (χ0n) is 12.5. The molecule has 0 amide bonds. The molecule has 106 valence electrons. The topological polar surface area (TPSA) is 0 Å². The molecule has 4 rings (SSSR count). The predicted octanol–water partition coefficient (Wildman–Crippen LogP) is 5.49. The van der Waals surface area contributed by atoms with E-state index in [2.05, 4.69) is 36.9 Å². The highest BCUT2D eigenvalue weighted by Gasteiger charge is 2.52. The summed E-state index contributed by atoms with van der Waals surface area (Å²) in [4.78, 5) is 0. The first-order valence-electron chi connectivity index (χ1n) is 8.56. The molecule has 0 radical (unpaired) electrons. The fourth-order valence-corrected chi connectivity index (χ4v) is 4.72. The Labute approximate surface area is 123 Å². The van der Waals surface area contributed by atoms with E-state index in [4.69, 9.17) is 0 Å². The van der Waals surface area contributed by atoms with Crippen LogP contribution >= 0.6 is 0 Å². The van der Waals surface area contributed by atoms with Gasteiger partial charge in [-0.1, -0.05) is 61.7 Å². The van der Waals surface area contributed by atoms with Crippen molar-refractivity contribution in [2.24, 2.45) is 17.8 Å². The van der Waals surface area contributed by atoms with E-state index < -0.39 is 0 Å². The van der Waals surface area contributed by atoms with Crippen molar-refractivity contribution in [1.29, 1.82) is 0 Å². The molecule has 0 aliphatic heterocycles. The van der Waals surface area contributed by atoms with E-state index >= 15 is 0 Å². The zero-order valence-corrected chi connectivity index (χ0v) is 12.5. The average molecular weight is 266 g/mol. The number of benzene rings is 1. The maximum absolute atomic E-state index is 4.65. The maximum Gasteiger partial charge on any atom is 0.0162 e. The summed E-state index contributed by atoms with van der Waals surface area (Å²) in [7, 11) is 0. The third-order valence-corrected chi connectivity index (χ3v) is 6.16. The second-order valence-electron chi connectivity index (χ2n) is 7.38. The zero-order chi connectivity index (χ0) is 13.6. The van der Waals surface area contributed by atoms with Crippen molar-refractivity contribution in [3.63, 3.8) is 0 Å². The summed E-state index contributed by atoms with van der Waals surface area (Å²) in [6, 6.07) is 11.3. The van der Waals surface area contributed by atoms with Crippen LogP contribution in [-0.4, -0.2) is 0 Å². The van der Waals surface area contributed by atoms with Gasteiger partial charge >= 0.3 is 0 Å². The van der Waals surface area contributed by atoms with E-state index in [1.54, 1.807) is 11.1 Å². The van der Waals surface area contributed by atoms with Gasteiger partial charge in [0, 0.05) is 5.41 Å². The molecule has 3 saturated carbocycles. The van der Waals surface area contributed by atoms with Gasteiger partial charge in [0.1, 0.15) is 0 Å². The third-order valence-electron chi connectivity index (χ3n) is 6.16. The van der Waals surface area contributed by atoms with Crippen molar-refractivity contribution in [2.75, 3.05) is 0 Å². The molecular formula is C20H26. The van der Waals surface area contributed by atoms with Gasteiger partial charge in [-0.3, -0.25) is 0 Å². The Kier molecular flexibility index (Phi) is 3.02. The van der Waals surface area contributed by atoms with Gasteiger partial charge in [0.25, 0.3) is 0 Å². The maximum atomic E-state index is 4.65. The standard InChI is InChI=1S/C20H26/c1-15(18-14-19(18)16-10-11-16)20(12-6-3-7-13-20)17-8-4-2-5-9-17/h2,4-5,8-9,16,18-19H,1,3,6-7,10-14H2. The van der Waals surface area contributed by atoms with Crippen molar-refractivity contribution >= 4 is 0 Å². The quantitative estimate of drug-likeness (QED) is 0.632. The summed E-state index contributed by atoms with van der Waals surface area (Å²) in [5.41, 5.74) is 3.46. The summed E-state index contributed by atoms with van der Waals surface area (Å²) >= 11 is 0. The lowest BCUT2D eigenvalue weighted by molar-refractivity contribution is 0.326. The van der Waals surface area contributed by atoms with Gasteiger partial charge in [-0.2, -0.15) is 0 Å². The highest BCUT2D eigenvalue weighted by atomic mass is 14.6. The minimum atomic E-state index is 0.313.